The molecule has 304 valence electrons. The Bertz CT molecular complexity index is 2000. The quantitative estimate of drug-likeness (QED) is 0.0376. The summed E-state index contributed by atoms with van der Waals surface area (Å²) in [5.41, 5.74) is 13.9. The number of nitrogens with two attached hydrogens (primary N) is 1. The molecule has 1 heterocycles. The van der Waals surface area contributed by atoms with E-state index in [0.717, 1.165) is 52.0 Å². The zero-order valence-electron chi connectivity index (χ0n) is 33.6. The number of nitrogen functional groups attached to an aromatic ring is 1. The highest BCUT2D eigenvalue weighted by Crippen LogP contribution is 2.24. The van der Waals surface area contributed by atoms with Gasteiger partial charge < -0.3 is 41.0 Å². The monoisotopic (exact) mass is 786 g/mol. The molecule has 2 aliphatic carbocycles. The maximum atomic E-state index is 10.8. The van der Waals surface area contributed by atoms with Crippen molar-refractivity contribution in [1.29, 1.82) is 0 Å². The summed E-state index contributed by atoms with van der Waals surface area (Å²) in [4.78, 5) is 30.9. The van der Waals surface area contributed by atoms with Gasteiger partial charge in [-0.15, -0.1) is 0 Å². The number of nitrogens with one attached hydrogen (secondary N) is 3. The lowest BCUT2D eigenvalue weighted by Gasteiger charge is -2.25. The van der Waals surface area contributed by atoms with Gasteiger partial charge in [0, 0.05) is 46.9 Å². The fourth-order valence-electron chi connectivity index (χ4n) is 5.01. The third-order valence-corrected chi connectivity index (χ3v) is 8.32. The molecule has 1 saturated heterocycles. The number of rotatable bonds is 13. The van der Waals surface area contributed by atoms with Crippen molar-refractivity contribution in [1.82, 2.24) is 5.32 Å². The summed E-state index contributed by atoms with van der Waals surface area (Å²) in [7, 11) is 1.71. The zero-order valence-corrected chi connectivity index (χ0v) is 33.6. The topological polar surface area (TPSA) is 169 Å². The molecule has 58 heavy (non-hydrogen) atoms. The van der Waals surface area contributed by atoms with Crippen molar-refractivity contribution in [3.63, 3.8) is 0 Å². The van der Waals surface area contributed by atoms with Crippen molar-refractivity contribution in [2.24, 2.45) is 15.9 Å². The van der Waals surface area contributed by atoms with Crippen LogP contribution in [0.3, 0.4) is 0 Å². The van der Waals surface area contributed by atoms with Crippen LogP contribution in [-0.4, -0.2) is 73.7 Å². The second-order valence-corrected chi connectivity index (χ2v) is 13.7. The van der Waals surface area contributed by atoms with E-state index in [1.54, 1.807) is 20.9 Å². The number of carbonyl (C=O) groups excluding carboxylic acids is 2. The van der Waals surface area contributed by atoms with E-state index in [1.807, 2.05) is 72.8 Å². The molecule has 3 aromatic carbocycles. The van der Waals surface area contributed by atoms with Crippen LogP contribution in [0.1, 0.15) is 27.2 Å². The summed E-state index contributed by atoms with van der Waals surface area (Å²) < 4.78 is 14.3. The van der Waals surface area contributed by atoms with E-state index in [-0.39, 0.29) is 24.9 Å². The Hall–Kier alpha value is -6.34. The minimum Gasteiger partial charge on any atom is -0.460 e. The minimum absolute atomic E-state index is 0.00648. The Morgan fingerprint density at radius 1 is 0.810 bits per heavy atom. The standard InChI is InChI=1S/C31H29N5.C8H15NO3.C7H10O3/c1-22-2-6-24(7-3-22)33-26-10-14-28(15-11-26)35-30-18-20-31(21-19-30)36-29-16-12-27(13-17-29)34-25-8-4-23(32)5-9-25;1-6(2)8(11)12-5-7(10)4-9-3;1-5(2)7(8)10-6-3-4-9-6/h2-22,24,33,35H,32H2,1H3;7,9-10H,1,4-5H2,2-3H3;6H,1,3-4H2,2H3. The number of aliphatic hydroxyl groups is 1. The van der Waals surface area contributed by atoms with Crippen LogP contribution in [0.4, 0.5) is 34.1 Å². The van der Waals surface area contributed by atoms with Crippen LogP contribution >= 0.6 is 0 Å². The number of hydrogen-bond acceptors (Lipinski definition) is 12. The van der Waals surface area contributed by atoms with E-state index in [9.17, 15) is 9.59 Å². The number of nitrogens with zero attached hydrogens (tertiary/aromatic N) is 2. The van der Waals surface area contributed by atoms with Crippen molar-refractivity contribution in [3.05, 3.63) is 146 Å². The fraction of sp³-hybridized carbons (Fsp3) is 0.261. The number of ether oxygens (including phenoxy) is 3. The summed E-state index contributed by atoms with van der Waals surface area (Å²) in [5, 5.41) is 18.8. The van der Waals surface area contributed by atoms with Gasteiger partial charge in [0.05, 0.1) is 35.4 Å². The van der Waals surface area contributed by atoms with Gasteiger partial charge in [0.1, 0.15) is 12.7 Å². The van der Waals surface area contributed by atoms with E-state index < -0.39 is 12.1 Å². The third-order valence-electron chi connectivity index (χ3n) is 8.32. The molecule has 2 unspecified atom stereocenters. The van der Waals surface area contributed by atoms with Gasteiger partial charge in [-0.25, -0.2) is 19.6 Å². The van der Waals surface area contributed by atoms with Crippen LogP contribution in [0.15, 0.2) is 156 Å². The van der Waals surface area contributed by atoms with Gasteiger partial charge >= 0.3 is 11.9 Å². The number of anilines is 4. The maximum Gasteiger partial charge on any atom is 0.335 e. The Morgan fingerprint density at radius 3 is 1.76 bits per heavy atom. The number of esters is 2. The molecule has 1 aliphatic heterocycles. The number of allylic oxidation sites excluding steroid dienone is 6. The molecule has 6 N–H and O–H groups in total. The number of aliphatic imine (C=N–C) groups is 2. The average molecular weight is 787 g/mol. The molecule has 12 nitrogen and oxygen atoms in total. The second-order valence-electron chi connectivity index (χ2n) is 13.7. The maximum absolute atomic E-state index is 10.8. The van der Waals surface area contributed by atoms with Crippen molar-refractivity contribution in [3.8, 4) is 0 Å². The first-order chi connectivity index (χ1) is 27.9. The molecule has 12 heteroatoms. The Balaban J connectivity index is 0.000000276. The molecular weight excluding hydrogens is 733 g/mol. The van der Waals surface area contributed by atoms with Gasteiger partial charge in [-0.1, -0.05) is 44.4 Å². The van der Waals surface area contributed by atoms with Crippen molar-refractivity contribution in [2.45, 2.75) is 45.6 Å². The van der Waals surface area contributed by atoms with E-state index >= 15 is 0 Å². The third kappa shape index (κ3) is 16.0. The van der Waals surface area contributed by atoms with Crippen LogP contribution in [0, 0.1) is 5.92 Å². The molecule has 3 aliphatic rings. The second kappa shape index (κ2) is 23.0. The summed E-state index contributed by atoms with van der Waals surface area (Å²) >= 11 is 0. The number of benzene rings is 3. The summed E-state index contributed by atoms with van der Waals surface area (Å²) in [6, 6.07) is 24.2. The average Bonchev–Trinajstić information content (AvgIpc) is 3.20. The van der Waals surface area contributed by atoms with Gasteiger partial charge in [-0.05, 0) is 124 Å². The predicted octanol–water partition coefficient (Wildman–Crippen LogP) is 8.06. The number of aliphatic hydroxyl groups excluding tert-OH is 1. The Labute approximate surface area is 341 Å². The first kappa shape index (κ1) is 44.4. The van der Waals surface area contributed by atoms with Crippen molar-refractivity contribution in [2.75, 3.05) is 43.2 Å². The predicted molar refractivity (Wildman–Crippen MR) is 235 cm³/mol. The highest BCUT2D eigenvalue weighted by molar-refractivity contribution is 6.19. The number of likely N-dealkylation sites (N-methyl/N-ethyl adjacent to an activating group) is 1. The SMILES string of the molecule is C=C(C)C(=O)OC1CCO1.C=C(C)C(=O)OCC(O)CNC.CC1C=CC(Nc2ccc(Nc3ccc(N=C4C=CC(=Nc5ccc(N)cc5)C=C4)cc3)cc2)C=C1. The summed E-state index contributed by atoms with van der Waals surface area (Å²) in [6.07, 6.45) is 16.5. The fourth-order valence-corrected chi connectivity index (χ4v) is 5.01. The van der Waals surface area contributed by atoms with Crippen LogP contribution in [0.5, 0.6) is 0 Å². The molecule has 0 amide bonds. The lowest BCUT2D eigenvalue weighted by molar-refractivity contribution is -0.212. The van der Waals surface area contributed by atoms with E-state index in [0.29, 0.717) is 30.2 Å². The summed E-state index contributed by atoms with van der Waals surface area (Å²) in [5.74, 6) is -0.328. The molecule has 0 aromatic heterocycles. The molecule has 3 aromatic rings. The number of hydrogen-bond donors (Lipinski definition) is 5. The molecule has 1 fully saturated rings. The lowest BCUT2D eigenvalue weighted by atomic mass is 10.0. The van der Waals surface area contributed by atoms with Gasteiger partial charge in [-0.2, -0.15) is 0 Å². The first-order valence-corrected chi connectivity index (χ1v) is 19.0. The highest BCUT2D eigenvalue weighted by atomic mass is 16.7. The largest absolute Gasteiger partial charge is 0.460 e. The normalized spacial score (nSPS) is 17.8. The van der Waals surface area contributed by atoms with Gasteiger partial charge in [0.15, 0.2) is 0 Å². The molecule has 0 saturated carbocycles. The first-order valence-electron chi connectivity index (χ1n) is 19.0. The molecule has 2 atom stereocenters. The van der Waals surface area contributed by atoms with Crippen molar-refractivity contribution < 1.29 is 28.9 Å². The number of carbonyl (C=O) groups is 2. The van der Waals surface area contributed by atoms with Crippen LogP contribution < -0.4 is 21.7 Å². The van der Waals surface area contributed by atoms with Crippen LogP contribution in [0.25, 0.3) is 0 Å². The highest BCUT2D eigenvalue weighted by Gasteiger charge is 2.22. The van der Waals surface area contributed by atoms with Crippen LogP contribution in [-0.2, 0) is 23.8 Å². The Kier molecular flexibility index (Phi) is 17.6. The van der Waals surface area contributed by atoms with Crippen molar-refractivity contribution >= 4 is 57.5 Å². The molecule has 0 radical (unpaired) electrons. The van der Waals surface area contributed by atoms with E-state index in [1.165, 1.54) is 0 Å². The summed E-state index contributed by atoms with van der Waals surface area (Å²) in [6.45, 7) is 13.3. The zero-order chi connectivity index (χ0) is 41.9. The molecule has 6 rings (SSSR count). The van der Waals surface area contributed by atoms with Crippen LogP contribution in [0.2, 0.25) is 0 Å². The molecular formula is C46H54N6O6. The van der Waals surface area contributed by atoms with Gasteiger partial charge in [-0.3, -0.25) is 0 Å². The van der Waals surface area contributed by atoms with E-state index in [4.69, 9.17) is 25.3 Å². The smallest absolute Gasteiger partial charge is 0.335 e. The molecule has 0 spiro atoms. The lowest BCUT2D eigenvalue weighted by Crippen LogP contribution is -2.31. The van der Waals surface area contributed by atoms with E-state index in [2.05, 4.69) is 94.3 Å². The van der Waals surface area contributed by atoms with Gasteiger partial charge in [0.25, 0.3) is 0 Å². The van der Waals surface area contributed by atoms with Gasteiger partial charge in [0.2, 0.25) is 6.29 Å². The molecule has 0 bridgehead atoms. The minimum atomic E-state index is -0.654. The Morgan fingerprint density at radius 2 is 1.29 bits per heavy atom.